The highest BCUT2D eigenvalue weighted by Gasteiger charge is 2.65. The quantitative estimate of drug-likeness (QED) is 0.480. The maximum absolute atomic E-state index is 13.7. The van der Waals surface area contributed by atoms with E-state index in [1.165, 1.54) is 57.8 Å². The Morgan fingerprint density at radius 2 is 1.71 bits per heavy atom. The van der Waals surface area contributed by atoms with Gasteiger partial charge in [0.15, 0.2) is 0 Å². The molecular formula is C28H47NO2. The smallest absolute Gasteiger partial charge is 0.138 e. The van der Waals surface area contributed by atoms with Gasteiger partial charge in [0.25, 0.3) is 0 Å². The zero-order valence-corrected chi connectivity index (χ0v) is 21.0. The van der Waals surface area contributed by atoms with E-state index < -0.39 is 0 Å². The molecule has 3 heteroatoms. The highest BCUT2D eigenvalue weighted by atomic mass is 16.6. The third kappa shape index (κ3) is 3.47. The van der Waals surface area contributed by atoms with Gasteiger partial charge < -0.3 is 4.74 Å². The summed E-state index contributed by atoms with van der Waals surface area (Å²) in [6.45, 7) is 12.4. The molecule has 2 aliphatic heterocycles. The SMILES string of the molecule is CC(C)CCCC(C)C1CCC2C3C(=O)CC4N(C)C5OC5CC[C@]4(C)C3CCC12C. The van der Waals surface area contributed by atoms with E-state index in [-0.39, 0.29) is 11.6 Å². The highest BCUT2D eigenvalue weighted by Crippen LogP contribution is 2.67. The van der Waals surface area contributed by atoms with Gasteiger partial charge in [-0.3, -0.25) is 9.69 Å². The van der Waals surface area contributed by atoms with Crippen molar-refractivity contribution in [1.29, 1.82) is 0 Å². The number of rotatable bonds is 5. The van der Waals surface area contributed by atoms with Crippen LogP contribution in [0.2, 0.25) is 0 Å². The van der Waals surface area contributed by atoms with Crippen molar-refractivity contribution >= 4 is 5.78 Å². The molecule has 0 spiro atoms. The lowest BCUT2D eigenvalue weighted by Gasteiger charge is -2.59. The Labute approximate surface area is 191 Å². The fraction of sp³-hybridized carbons (Fsp3) is 0.964. The fourth-order valence-corrected chi connectivity index (χ4v) is 9.45. The number of nitrogens with zero attached hydrogens (tertiary/aromatic N) is 1. The highest BCUT2D eigenvalue weighted by molar-refractivity contribution is 5.84. The number of ether oxygens (including phenoxy) is 1. The van der Waals surface area contributed by atoms with E-state index >= 15 is 0 Å². The second-order valence-corrected chi connectivity index (χ2v) is 13.2. The topological polar surface area (TPSA) is 32.8 Å². The van der Waals surface area contributed by atoms with Gasteiger partial charge >= 0.3 is 0 Å². The molecule has 2 saturated heterocycles. The maximum atomic E-state index is 13.7. The lowest BCUT2D eigenvalue weighted by atomic mass is 9.46. The largest absolute Gasteiger partial charge is 0.353 e. The average molecular weight is 430 g/mol. The minimum Gasteiger partial charge on any atom is -0.353 e. The van der Waals surface area contributed by atoms with Crippen molar-refractivity contribution in [3.05, 3.63) is 0 Å². The average Bonchev–Trinajstić information content (AvgIpc) is 3.42. The molecule has 0 radical (unpaired) electrons. The number of carbonyl (C=O) groups is 1. The van der Waals surface area contributed by atoms with Gasteiger partial charge in [-0.05, 0) is 86.0 Å². The first-order chi connectivity index (χ1) is 14.7. The van der Waals surface area contributed by atoms with Crippen LogP contribution in [0.1, 0.15) is 98.8 Å². The van der Waals surface area contributed by atoms with E-state index in [9.17, 15) is 4.79 Å². The Morgan fingerprint density at radius 3 is 2.45 bits per heavy atom. The van der Waals surface area contributed by atoms with Crippen molar-refractivity contribution in [2.45, 2.75) is 117 Å². The number of hydrogen-bond acceptors (Lipinski definition) is 3. The second-order valence-electron chi connectivity index (χ2n) is 13.2. The first kappa shape index (κ1) is 22.4. The van der Waals surface area contributed by atoms with E-state index in [0.29, 0.717) is 41.1 Å². The summed E-state index contributed by atoms with van der Waals surface area (Å²) in [4.78, 5) is 16.2. The molecule has 5 fully saturated rings. The summed E-state index contributed by atoms with van der Waals surface area (Å²) in [5.74, 6) is 4.60. The number of carbonyl (C=O) groups excluding carboxylic acids is 1. The van der Waals surface area contributed by atoms with Crippen molar-refractivity contribution in [2.75, 3.05) is 7.05 Å². The van der Waals surface area contributed by atoms with Crippen LogP contribution < -0.4 is 0 Å². The predicted molar refractivity (Wildman–Crippen MR) is 126 cm³/mol. The van der Waals surface area contributed by atoms with Crippen molar-refractivity contribution in [3.8, 4) is 0 Å². The first-order valence-corrected chi connectivity index (χ1v) is 13.6. The third-order valence-corrected chi connectivity index (χ3v) is 11.3. The third-order valence-electron chi connectivity index (χ3n) is 11.3. The number of epoxide rings is 1. The number of ketones is 1. The Hall–Kier alpha value is -0.410. The van der Waals surface area contributed by atoms with Gasteiger partial charge in [0.1, 0.15) is 12.0 Å². The lowest BCUT2D eigenvalue weighted by molar-refractivity contribution is -0.156. The molecule has 5 rings (SSSR count). The monoisotopic (exact) mass is 429 g/mol. The summed E-state index contributed by atoms with van der Waals surface area (Å²) in [5, 5.41) is 0. The van der Waals surface area contributed by atoms with Crippen molar-refractivity contribution in [2.24, 2.45) is 46.3 Å². The molecule has 0 aromatic rings. The van der Waals surface area contributed by atoms with Crippen LogP contribution in [-0.2, 0) is 9.53 Å². The Balaban J connectivity index is 1.36. The van der Waals surface area contributed by atoms with Crippen LogP contribution in [-0.4, -0.2) is 36.1 Å². The molecular weight excluding hydrogens is 382 g/mol. The van der Waals surface area contributed by atoms with E-state index in [1.54, 1.807) is 0 Å². The summed E-state index contributed by atoms with van der Waals surface area (Å²) in [6.07, 6.45) is 13.3. The summed E-state index contributed by atoms with van der Waals surface area (Å²) in [7, 11) is 2.23. The molecule has 0 aromatic carbocycles. The van der Waals surface area contributed by atoms with Crippen LogP contribution in [0.4, 0.5) is 0 Å². The van der Waals surface area contributed by atoms with Crippen molar-refractivity contribution in [1.82, 2.24) is 4.90 Å². The van der Waals surface area contributed by atoms with E-state index in [1.807, 2.05) is 0 Å². The normalized spacial score (nSPS) is 50.3. The van der Waals surface area contributed by atoms with Crippen LogP contribution in [0.5, 0.6) is 0 Å². The molecule has 0 aromatic heterocycles. The first-order valence-electron chi connectivity index (χ1n) is 13.6. The molecule has 0 amide bonds. The maximum Gasteiger partial charge on any atom is 0.138 e. The molecule has 0 N–H and O–H groups in total. The zero-order chi connectivity index (χ0) is 22.1. The fourth-order valence-electron chi connectivity index (χ4n) is 9.45. The van der Waals surface area contributed by atoms with E-state index in [0.717, 1.165) is 24.2 Å². The Bertz CT molecular complexity index is 705. The number of likely N-dealkylation sites (N-methyl/N-ethyl adjacent to an activating group) is 1. The Morgan fingerprint density at radius 1 is 1.00 bits per heavy atom. The molecule has 176 valence electrons. The van der Waals surface area contributed by atoms with Crippen LogP contribution in [0, 0.1) is 46.3 Å². The summed E-state index contributed by atoms with van der Waals surface area (Å²) >= 11 is 0. The van der Waals surface area contributed by atoms with Gasteiger partial charge in [-0.1, -0.05) is 53.9 Å². The Kier molecular flexibility index (Phi) is 5.65. The molecule has 2 heterocycles. The van der Waals surface area contributed by atoms with E-state index in [2.05, 4.69) is 46.6 Å². The lowest BCUT2D eigenvalue weighted by Crippen LogP contribution is -2.61. The standard InChI is InChI=1S/C28H47NO2/c1-17(2)8-7-9-18(3)19-10-11-20-25-21(12-14-27(19,20)4)28(5)15-13-23-26(31-23)29(6)24(28)16-22(25)30/h17-21,23-26H,7-16H2,1-6H3/t18?,19?,20?,21?,23?,24?,25?,26?,27?,28-/m1/s1. The van der Waals surface area contributed by atoms with Gasteiger partial charge in [0, 0.05) is 18.4 Å². The van der Waals surface area contributed by atoms with Crippen molar-refractivity contribution < 1.29 is 9.53 Å². The molecule has 3 saturated carbocycles. The van der Waals surface area contributed by atoms with Gasteiger partial charge in [-0.15, -0.1) is 0 Å². The predicted octanol–water partition coefficient (Wildman–Crippen LogP) is 6.31. The van der Waals surface area contributed by atoms with Crippen molar-refractivity contribution in [3.63, 3.8) is 0 Å². The minimum atomic E-state index is 0.284. The number of likely N-dealkylation sites (tertiary alicyclic amines) is 1. The molecule has 31 heavy (non-hydrogen) atoms. The van der Waals surface area contributed by atoms with Gasteiger partial charge in [0.2, 0.25) is 0 Å². The molecule has 5 aliphatic rings. The number of fused-ring (bicyclic) bond motifs is 6. The number of hydrogen-bond donors (Lipinski definition) is 0. The van der Waals surface area contributed by atoms with Gasteiger partial charge in [0.05, 0.1) is 6.10 Å². The molecule has 0 bridgehead atoms. The van der Waals surface area contributed by atoms with E-state index in [4.69, 9.17) is 4.74 Å². The molecule has 10 atom stereocenters. The number of Topliss-reactive ketones (excluding diaryl/α,β-unsaturated/α-hetero) is 1. The van der Waals surface area contributed by atoms with Gasteiger partial charge in [-0.25, -0.2) is 0 Å². The van der Waals surface area contributed by atoms with Crippen LogP contribution in [0.15, 0.2) is 0 Å². The molecule has 9 unspecified atom stereocenters. The molecule has 3 nitrogen and oxygen atoms in total. The summed E-state index contributed by atoms with van der Waals surface area (Å²) in [5.41, 5.74) is 0.672. The second kappa shape index (κ2) is 7.83. The van der Waals surface area contributed by atoms with Crippen LogP contribution in [0.3, 0.4) is 0 Å². The summed E-state index contributed by atoms with van der Waals surface area (Å²) < 4.78 is 5.92. The zero-order valence-electron chi connectivity index (χ0n) is 21.0. The van der Waals surface area contributed by atoms with Gasteiger partial charge in [-0.2, -0.15) is 0 Å². The minimum absolute atomic E-state index is 0.284. The molecule has 3 aliphatic carbocycles. The summed E-state index contributed by atoms with van der Waals surface area (Å²) in [6, 6.07) is 0.385. The van der Waals surface area contributed by atoms with Crippen LogP contribution in [0.25, 0.3) is 0 Å². The van der Waals surface area contributed by atoms with Crippen LogP contribution >= 0.6 is 0 Å².